The van der Waals surface area contributed by atoms with Crippen LogP contribution in [0.3, 0.4) is 0 Å². The molecule has 6 atom stereocenters. The van der Waals surface area contributed by atoms with E-state index in [0.717, 1.165) is 30.9 Å². The first kappa shape index (κ1) is 25.8. The van der Waals surface area contributed by atoms with E-state index in [1.54, 1.807) is 18.2 Å². The van der Waals surface area contributed by atoms with Crippen LogP contribution in [0.15, 0.2) is 52.2 Å². The molecule has 0 saturated carbocycles. The molecule has 3 rings (SSSR count). The van der Waals surface area contributed by atoms with E-state index in [-0.39, 0.29) is 5.75 Å². The number of methoxy groups -OCH3 is 1. The first-order valence-electron chi connectivity index (χ1n) is 10.2. The van der Waals surface area contributed by atoms with Crippen LogP contribution in [0.4, 0.5) is 4.39 Å². The van der Waals surface area contributed by atoms with Gasteiger partial charge >= 0.3 is 19.4 Å². The Morgan fingerprint density at radius 2 is 2.03 bits per heavy atom. The van der Waals surface area contributed by atoms with Gasteiger partial charge in [-0.1, -0.05) is 18.2 Å². The number of halogens is 1. The lowest BCUT2D eigenvalue weighted by Crippen LogP contribution is -2.43. The van der Waals surface area contributed by atoms with Crippen molar-refractivity contribution < 1.29 is 37.4 Å². The van der Waals surface area contributed by atoms with Gasteiger partial charge in [0.2, 0.25) is 0 Å². The molecule has 1 aromatic heterocycles. The number of nitrogens with zero attached hydrogens (tertiary/aromatic N) is 1. The van der Waals surface area contributed by atoms with Gasteiger partial charge in [-0.05, 0) is 26.0 Å². The number of ether oxygens (including phenoxy) is 2. The van der Waals surface area contributed by atoms with Gasteiger partial charge in [0.05, 0.1) is 13.7 Å². The number of carbonyl (C=O) groups is 1. The summed E-state index contributed by atoms with van der Waals surface area (Å²) in [5.41, 5.74) is -4.11. The van der Waals surface area contributed by atoms with E-state index in [1.165, 1.54) is 19.1 Å². The Morgan fingerprint density at radius 3 is 2.65 bits per heavy atom. The molecule has 1 saturated heterocycles. The molecular weight excluding hydrogens is 476 g/mol. The molecular formula is C20H25FN3O9P. The van der Waals surface area contributed by atoms with Gasteiger partial charge in [0, 0.05) is 12.3 Å². The average Bonchev–Trinajstić information content (AvgIpc) is 3.01. The molecule has 2 unspecified atom stereocenters. The first-order chi connectivity index (χ1) is 16.0. The number of aromatic nitrogens is 2. The first-order valence-corrected chi connectivity index (χ1v) is 11.7. The summed E-state index contributed by atoms with van der Waals surface area (Å²) >= 11 is 0. The molecule has 0 bridgehead atoms. The lowest BCUT2D eigenvalue weighted by molar-refractivity contribution is -0.142. The van der Waals surface area contributed by atoms with Crippen molar-refractivity contribution in [3.8, 4) is 5.75 Å². The molecule has 0 aliphatic carbocycles. The summed E-state index contributed by atoms with van der Waals surface area (Å²) in [7, 11) is -3.13. The minimum Gasteiger partial charge on any atom is -0.468 e. The van der Waals surface area contributed by atoms with E-state index in [0.29, 0.717) is 0 Å². The molecule has 1 fully saturated rings. The van der Waals surface area contributed by atoms with Crippen molar-refractivity contribution >= 4 is 13.7 Å². The molecule has 1 aliphatic rings. The predicted molar refractivity (Wildman–Crippen MR) is 116 cm³/mol. The number of hydrogen-bond acceptors (Lipinski definition) is 9. The largest absolute Gasteiger partial charge is 0.468 e. The second kappa shape index (κ2) is 10.2. The van der Waals surface area contributed by atoms with E-state index in [9.17, 15) is 24.1 Å². The van der Waals surface area contributed by atoms with Crippen LogP contribution in [0.2, 0.25) is 0 Å². The second-order valence-corrected chi connectivity index (χ2v) is 9.41. The van der Waals surface area contributed by atoms with Crippen LogP contribution in [0.5, 0.6) is 5.75 Å². The van der Waals surface area contributed by atoms with Gasteiger partial charge in [-0.3, -0.25) is 23.7 Å². The number of aliphatic hydroxyl groups excluding tert-OH is 1. The van der Waals surface area contributed by atoms with E-state index >= 15 is 4.39 Å². The smallest absolute Gasteiger partial charge is 0.459 e. The van der Waals surface area contributed by atoms with Crippen molar-refractivity contribution in [1.82, 2.24) is 14.6 Å². The number of H-pyrrole nitrogens is 1. The zero-order chi connectivity index (χ0) is 25.1. The number of carbonyl (C=O) groups excluding carboxylic acids is 1. The van der Waals surface area contributed by atoms with Crippen LogP contribution in [-0.2, 0) is 23.4 Å². The molecule has 1 aromatic carbocycles. The minimum atomic E-state index is -4.27. The molecule has 0 radical (unpaired) electrons. The van der Waals surface area contributed by atoms with Crippen LogP contribution < -0.4 is 20.9 Å². The summed E-state index contributed by atoms with van der Waals surface area (Å²) in [6.45, 7) is 1.74. The minimum absolute atomic E-state index is 0.149. The van der Waals surface area contributed by atoms with Gasteiger partial charge in [-0.2, -0.15) is 5.09 Å². The fraction of sp³-hybridized carbons (Fsp3) is 0.450. The molecule has 12 nitrogen and oxygen atoms in total. The van der Waals surface area contributed by atoms with E-state index in [2.05, 4.69) is 9.82 Å². The van der Waals surface area contributed by atoms with E-state index in [4.69, 9.17) is 13.8 Å². The number of para-hydroxylation sites is 1. The third kappa shape index (κ3) is 5.62. The number of esters is 1. The lowest BCUT2D eigenvalue weighted by atomic mass is 9.98. The average molecular weight is 501 g/mol. The number of rotatable bonds is 9. The Bertz CT molecular complexity index is 1170. The third-order valence-electron chi connectivity index (χ3n) is 5.10. The molecule has 14 heteroatoms. The maximum atomic E-state index is 15.4. The normalized spacial score (nSPS) is 27.0. The maximum absolute atomic E-state index is 15.4. The van der Waals surface area contributed by atoms with Crippen molar-refractivity contribution in [2.45, 2.75) is 44.0 Å². The Labute approximate surface area is 193 Å². The number of aliphatic hydroxyl groups is 1. The molecule has 34 heavy (non-hydrogen) atoms. The van der Waals surface area contributed by atoms with Gasteiger partial charge in [0.1, 0.15) is 24.0 Å². The molecule has 1 aliphatic heterocycles. The Hall–Kier alpha value is -2.83. The van der Waals surface area contributed by atoms with Gasteiger partial charge in [-0.25, -0.2) is 13.8 Å². The van der Waals surface area contributed by atoms with Crippen molar-refractivity contribution in [2.24, 2.45) is 0 Å². The highest BCUT2D eigenvalue weighted by Gasteiger charge is 2.55. The highest BCUT2D eigenvalue weighted by atomic mass is 31.2. The highest BCUT2D eigenvalue weighted by molar-refractivity contribution is 7.52. The number of aromatic amines is 1. The van der Waals surface area contributed by atoms with Crippen LogP contribution in [-0.4, -0.2) is 58.3 Å². The monoisotopic (exact) mass is 501 g/mol. The van der Waals surface area contributed by atoms with Crippen LogP contribution >= 0.6 is 7.75 Å². The van der Waals surface area contributed by atoms with Crippen LogP contribution in [0.1, 0.15) is 20.1 Å². The third-order valence-corrected chi connectivity index (χ3v) is 6.75. The zero-order valence-electron chi connectivity index (χ0n) is 18.5. The summed E-state index contributed by atoms with van der Waals surface area (Å²) in [5, 5.41) is 12.9. The van der Waals surface area contributed by atoms with Crippen LogP contribution in [0.25, 0.3) is 0 Å². The summed E-state index contributed by atoms with van der Waals surface area (Å²) in [5.74, 6) is -0.595. The molecule has 0 spiro atoms. The zero-order valence-corrected chi connectivity index (χ0v) is 19.4. The quantitative estimate of drug-likeness (QED) is 0.333. The van der Waals surface area contributed by atoms with Crippen molar-refractivity contribution in [2.75, 3.05) is 13.7 Å². The number of benzene rings is 1. The van der Waals surface area contributed by atoms with Gasteiger partial charge in [0.15, 0.2) is 11.9 Å². The SMILES string of the molecule is COC(=O)[C@H](C)NP(=O)(OC[C@H]1O[C@@H](n2ccc(=O)[nH]c2=O)C(C)(F)[C@@H]1O)Oc1ccccc1. The highest BCUT2D eigenvalue weighted by Crippen LogP contribution is 2.47. The number of hydrogen-bond donors (Lipinski definition) is 3. The topological polar surface area (TPSA) is 158 Å². The molecule has 186 valence electrons. The van der Waals surface area contributed by atoms with Crippen molar-refractivity contribution in [3.05, 3.63) is 63.4 Å². The molecule has 2 aromatic rings. The van der Waals surface area contributed by atoms with Crippen molar-refractivity contribution in [3.63, 3.8) is 0 Å². The summed E-state index contributed by atoms with van der Waals surface area (Å²) in [6.07, 6.45) is -3.78. The van der Waals surface area contributed by atoms with E-state index in [1.807, 2.05) is 4.98 Å². The molecule has 0 amide bonds. The van der Waals surface area contributed by atoms with Gasteiger partial charge in [0.25, 0.3) is 5.56 Å². The second-order valence-electron chi connectivity index (χ2n) is 7.71. The lowest BCUT2D eigenvalue weighted by Gasteiger charge is -2.25. The Morgan fingerprint density at radius 1 is 1.35 bits per heavy atom. The Kier molecular flexibility index (Phi) is 7.74. The summed E-state index contributed by atoms with van der Waals surface area (Å²) in [6, 6.07) is 7.83. The molecule has 3 N–H and O–H groups in total. The Balaban J connectivity index is 1.80. The molecule has 2 heterocycles. The van der Waals surface area contributed by atoms with Gasteiger partial charge in [-0.15, -0.1) is 0 Å². The van der Waals surface area contributed by atoms with E-state index < -0.39 is 61.7 Å². The van der Waals surface area contributed by atoms with Crippen LogP contribution in [0, 0.1) is 0 Å². The predicted octanol–water partition coefficient (Wildman–Crippen LogP) is 0.878. The summed E-state index contributed by atoms with van der Waals surface area (Å²) in [4.78, 5) is 37.2. The summed E-state index contributed by atoms with van der Waals surface area (Å²) < 4.78 is 50.5. The fourth-order valence-electron chi connectivity index (χ4n) is 3.31. The van der Waals surface area contributed by atoms with Gasteiger partial charge < -0.3 is 19.1 Å². The fourth-order valence-corrected chi connectivity index (χ4v) is 4.81. The standard InChI is InChI=1S/C20H25FN3O9P/c1-12(17(27)30-3)23-34(29,33-13-7-5-4-6-8-13)31-11-14-16(26)20(2,21)18(32-14)24-10-9-15(25)22-19(24)28/h4-10,12,14,16,18,26H,11H2,1-3H3,(H,23,29)(H,22,25,28)/t12-,14+,16+,18+,20?,34?/m0/s1. The number of alkyl halides is 1. The maximum Gasteiger partial charge on any atom is 0.459 e. The van der Waals surface area contributed by atoms with Crippen molar-refractivity contribution in [1.29, 1.82) is 0 Å². The number of nitrogens with one attached hydrogen (secondary N) is 2.